The highest BCUT2D eigenvalue weighted by atomic mass is 79.9. The minimum Gasteiger partial charge on any atom is -0.460 e. The lowest BCUT2D eigenvalue weighted by atomic mass is 10.2. The van der Waals surface area contributed by atoms with Crippen LogP contribution in [-0.2, 0) is 4.74 Å². The Morgan fingerprint density at radius 3 is 2.71 bits per heavy atom. The van der Waals surface area contributed by atoms with Gasteiger partial charge in [-0.1, -0.05) is 29.8 Å². The molecule has 0 aliphatic rings. The smallest absolute Gasteiger partial charge is 0.358 e. The molecule has 0 amide bonds. The highest BCUT2D eigenvalue weighted by Crippen LogP contribution is 2.18. The van der Waals surface area contributed by atoms with E-state index in [-0.39, 0.29) is 5.69 Å². The van der Waals surface area contributed by atoms with E-state index in [4.69, 9.17) is 4.74 Å². The van der Waals surface area contributed by atoms with Crippen molar-refractivity contribution in [2.24, 2.45) is 0 Å². The second-order valence-corrected chi connectivity index (χ2v) is 5.51. The van der Waals surface area contributed by atoms with Gasteiger partial charge in [0.1, 0.15) is 6.61 Å². The number of aromatic nitrogens is 2. The third kappa shape index (κ3) is 4.22. The van der Waals surface area contributed by atoms with E-state index in [1.165, 1.54) is 0 Å². The summed E-state index contributed by atoms with van der Waals surface area (Å²) in [4.78, 5) is 14.2. The van der Waals surface area contributed by atoms with E-state index in [2.05, 4.69) is 44.9 Å². The summed E-state index contributed by atoms with van der Waals surface area (Å²) in [6.07, 6.45) is 0. The van der Waals surface area contributed by atoms with Crippen LogP contribution in [0.25, 0.3) is 10.9 Å². The van der Waals surface area contributed by atoms with Gasteiger partial charge >= 0.3 is 5.97 Å². The summed E-state index contributed by atoms with van der Waals surface area (Å²) in [7, 11) is 0. The molecule has 21 heavy (non-hydrogen) atoms. The molecule has 0 spiro atoms. The molecule has 0 bridgehead atoms. The maximum Gasteiger partial charge on any atom is 0.358 e. The summed E-state index contributed by atoms with van der Waals surface area (Å²) < 4.78 is 6.18. The fourth-order valence-corrected chi connectivity index (χ4v) is 2.38. The number of carbonyl (C=O) groups is 1. The minimum atomic E-state index is -0.434. The number of rotatable bonds is 6. The van der Waals surface area contributed by atoms with Crippen LogP contribution in [0.2, 0.25) is 0 Å². The number of hydrogen-bond donors (Lipinski definition) is 0. The molecule has 1 aromatic carbocycles. The quantitative estimate of drug-likeness (QED) is 0.749. The molecular formula is C15H18BrN3O2. The SMILES string of the molecule is CCN(CC)CCOC(=O)c1cc2cc(Br)ccc2nn1. The van der Waals surface area contributed by atoms with Gasteiger partial charge in [0.25, 0.3) is 0 Å². The first-order chi connectivity index (χ1) is 10.1. The van der Waals surface area contributed by atoms with Gasteiger partial charge in [-0.3, -0.25) is 0 Å². The van der Waals surface area contributed by atoms with E-state index >= 15 is 0 Å². The predicted octanol–water partition coefficient (Wildman–Crippen LogP) is 2.89. The topological polar surface area (TPSA) is 55.3 Å². The van der Waals surface area contributed by atoms with Crippen molar-refractivity contribution in [2.45, 2.75) is 13.8 Å². The van der Waals surface area contributed by atoms with Gasteiger partial charge in [-0.05, 0) is 37.4 Å². The third-order valence-electron chi connectivity index (χ3n) is 3.29. The van der Waals surface area contributed by atoms with Crippen LogP contribution in [-0.4, -0.2) is 47.3 Å². The van der Waals surface area contributed by atoms with Crippen molar-refractivity contribution < 1.29 is 9.53 Å². The lowest BCUT2D eigenvalue weighted by Crippen LogP contribution is -2.28. The Kier molecular flexibility index (Phi) is 5.64. The second kappa shape index (κ2) is 7.47. The molecule has 2 rings (SSSR count). The molecule has 6 heteroatoms. The number of ether oxygens (including phenoxy) is 1. The number of carbonyl (C=O) groups excluding carboxylic acids is 1. The van der Waals surface area contributed by atoms with E-state index in [0.29, 0.717) is 6.61 Å². The van der Waals surface area contributed by atoms with E-state index in [1.807, 2.05) is 18.2 Å². The second-order valence-electron chi connectivity index (χ2n) is 4.60. The average Bonchev–Trinajstić information content (AvgIpc) is 2.50. The molecule has 2 aromatic rings. The minimum absolute atomic E-state index is 0.236. The molecular weight excluding hydrogens is 334 g/mol. The van der Waals surface area contributed by atoms with Crippen molar-refractivity contribution in [2.75, 3.05) is 26.2 Å². The molecule has 1 aromatic heterocycles. The molecule has 112 valence electrons. The molecule has 0 unspecified atom stereocenters. The summed E-state index contributed by atoms with van der Waals surface area (Å²) in [5.41, 5.74) is 0.984. The number of benzene rings is 1. The molecule has 0 aliphatic heterocycles. The monoisotopic (exact) mass is 351 g/mol. The zero-order valence-corrected chi connectivity index (χ0v) is 13.8. The normalized spacial score (nSPS) is 11.0. The highest BCUT2D eigenvalue weighted by Gasteiger charge is 2.11. The predicted molar refractivity (Wildman–Crippen MR) is 85.3 cm³/mol. The summed E-state index contributed by atoms with van der Waals surface area (Å²) in [5, 5.41) is 8.81. The zero-order chi connectivity index (χ0) is 15.2. The first-order valence-electron chi connectivity index (χ1n) is 6.96. The van der Waals surface area contributed by atoms with Gasteiger partial charge in [-0.15, -0.1) is 10.2 Å². The van der Waals surface area contributed by atoms with Gasteiger partial charge in [0.2, 0.25) is 0 Å². The standard InChI is InChI=1S/C15H18BrN3O2/c1-3-19(4-2)7-8-21-15(20)14-10-11-9-12(16)5-6-13(11)17-18-14/h5-6,9-10H,3-4,7-8H2,1-2H3. The van der Waals surface area contributed by atoms with Crippen molar-refractivity contribution in [3.63, 3.8) is 0 Å². The fraction of sp³-hybridized carbons (Fsp3) is 0.400. The van der Waals surface area contributed by atoms with Crippen LogP contribution in [0.15, 0.2) is 28.7 Å². The summed E-state index contributed by atoms with van der Waals surface area (Å²) in [6, 6.07) is 7.34. The first-order valence-corrected chi connectivity index (χ1v) is 7.75. The Balaban J connectivity index is 2.02. The van der Waals surface area contributed by atoms with Crippen molar-refractivity contribution in [3.05, 3.63) is 34.4 Å². The zero-order valence-electron chi connectivity index (χ0n) is 12.2. The van der Waals surface area contributed by atoms with Crippen LogP contribution in [0.5, 0.6) is 0 Å². The maximum absolute atomic E-state index is 12.0. The molecule has 0 saturated heterocycles. The molecule has 1 heterocycles. The van der Waals surface area contributed by atoms with E-state index in [0.717, 1.165) is 35.0 Å². The van der Waals surface area contributed by atoms with Crippen LogP contribution < -0.4 is 0 Å². The largest absolute Gasteiger partial charge is 0.460 e. The fourth-order valence-electron chi connectivity index (χ4n) is 2.00. The Morgan fingerprint density at radius 2 is 2.00 bits per heavy atom. The van der Waals surface area contributed by atoms with Gasteiger partial charge in [0.15, 0.2) is 5.69 Å². The van der Waals surface area contributed by atoms with Gasteiger partial charge in [-0.2, -0.15) is 0 Å². The number of likely N-dealkylation sites (N-methyl/N-ethyl adjacent to an activating group) is 1. The first kappa shape index (κ1) is 15.9. The van der Waals surface area contributed by atoms with Crippen molar-refractivity contribution in [3.8, 4) is 0 Å². The van der Waals surface area contributed by atoms with Crippen LogP contribution in [0.3, 0.4) is 0 Å². The Labute approximate surface area is 132 Å². The molecule has 5 nitrogen and oxygen atoms in total. The van der Waals surface area contributed by atoms with Crippen LogP contribution in [0.1, 0.15) is 24.3 Å². The number of hydrogen-bond acceptors (Lipinski definition) is 5. The van der Waals surface area contributed by atoms with Gasteiger partial charge in [0, 0.05) is 16.4 Å². The summed E-state index contributed by atoms with van der Waals surface area (Å²) >= 11 is 3.40. The van der Waals surface area contributed by atoms with E-state index in [9.17, 15) is 4.79 Å². The molecule has 0 radical (unpaired) electrons. The molecule has 0 saturated carbocycles. The van der Waals surface area contributed by atoms with Crippen molar-refractivity contribution in [1.29, 1.82) is 0 Å². The Bertz CT molecular complexity index is 629. The number of halogens is 1. The molecule has 0 fully saturated rings. The molecule has 0 atom stereocenters. The van der Waals surface area contributed by atoms with Gasteiger partial charge in [-0.25, -0.2) is 4.79 Å². The lowest BCUT2D eigenvalue weighted by molar-refractivity contribution is 0.0458. The van der Waals surface area contributed by atoms with E-state index in [1.54, 1.807) is 6.07 Å². The average molecular weight is 352 g/mol. The van der Waals surface area contributed by atoms with Crippen molar-refractivity contribution in [1.82, 2.24) is 15.1 Å². The molecule has 0 N–H and O–H groups in total. The highest BCUT2D eigenvalue weighted by molar-refractivity contribution is 9.10. The van der Waals surface area contributed by atoms with Gasteiger partial charge < -0.3 is 9.64 Å². The third-order valence-corrected chi connectivity index (χ3v) is 3.78. The van der Waals surface area contributed by atoms with Crippen molar-refractivity contribution >= 4 is 32.8 Å². The summed E-state index contributed by atoms with van der Waals surface area (Å²) in [6.45, 7) is 7.13. The van der Waals surface area contributed by atoms with E-state index < -0.39 is 5.97 Å². The van der Waals surface area contributed by atoms with Crippen LogP contribution in [0.4, 0.5) is 0 Å². The van der Waals surface area contributed by atoms with Crippen LogP contribution in [0, 0.1) is 0 Å². The Morgan fingerprint density at radius 1 is 1.24 bits per heavy atom. The number of esters is 1. The Hall–Kier alpha value is -1.53. The van der Waals surface area contributed by atoms with Crippen LogP contribution >= 0.6 is 15.9 Å². The molecule has 0 aliphatic carbocycles. The number of fused-ring (bicyclic) bond motifs is 1. The summed E-state index contributed by atoms with van der Waals surface area (Å²) in [5.74, 6) is -0.434. The number of nitrogens with zero attached hydrogens (tertiary/aromatic N) is 3. The van der Waals surface area contributed by atoms with Gasteiger partial charge in [0.05, 0.1) is 5.52 Å². The lowest BCUT2D eigenvalue weighted by Gasteiger charge is -2.17. The maximum atomic E-state index is 12.0.